The van der Waals surface area contributed by atoms with E-state index in [4.69, 9.17) is 4.74 Å². The molecule has 0 aliphatic heterocycles. The van der Waals surface area contributed by atoms with Crippen molar-refractivity contribution in [1.82, 2.24) is 0 Å². The number of carbonyl (C=O) groups excluding carboxylic acids is 1. The minimum Gasteiger partial charge on any atom is -0.465 e. The van der Waals surface area contributed by atoms with Gasteiger partial charge < -0.3 is 4.74 Å². The molecule has 0 heterocycles. The first kappa shape index (κ1) is 27.5. The topological polar surface area (TPSA) is 26.3 Å². The lowest BCUT2D eigenvalue weighted by Gasteiger charge is -2.17. The van der Waals surface area contributed by atoms with Crippen LogP contribution in [0.4, 0.5) is 0 Å². The van der Waals surface area contributed by atoms with Crippen LogP contribution in [0.3, 0.4) is 0 Å². The van der Waals surface area contributed by atoms with Gasteiger partial charge in [-0.25, -0.2) is 0 Å². The van der Waals surface area contributed by atoms with Gasteiger partial charge in [-0.3, -0.25) is 4.79 Å². The first-order chi connectivity index (χ1) is 13.7. The van der Waals surface area contributed by atoms with Crippen molar-refractivity contribution in [2.24, 2.45) is 5.92 Å². The summed E-state index contributed by atoms with van der Waals surface area (Å²) in [5, 5.41) is 0. The largest absolute Gasteiger partial charge is 0.465 e. The van der Waals surface area contributed by atoms with Crippen LogP contribution < -0.4 is 0 Å². The van der Waals surface area contributed by atoms with Gasteiger partial charge >= 0.3 is 5.97 Å². The first-order valence-corrected chi connectivity index (χ1v) is 12.9. The number of hydrogen-bond acceptors (Lipinski definition) is 2. The summed E-state index contributed by atoms with van der Waals surface area (Å²) in [6, 6.07) is 0. The minimum absolute atomic E-state index is 0.0333. The van der Waals surface area contributed by atoms with E-state index in [2.05, 4.69) is 20.8 Å². The van der Waals surface area contributed by atoms with E-state index in [0.717, 1.165) is 6.42 Å². The zero-order valence-electron chi connectivity index (χ0n) is 19.7. The van der Waals surface area contributed by atoms with Crippen LogP contribution >= 0.6 is 0 Å². The predicted molar refractivity (Wildman–Crippen MR) is 124 cm³/mol. The quantitative estimate of drug-likeness (QED) is 0.135. The molecule has 1 atom stereocenters. The summed E-state index contributed by atoms with van der Waals surface area (Å²) in [7, 11) is 0. The lowest BCUT2D eigenvalue weighted by atomic mass is 9.95. The van der Waals surface area contributed by atoms with E-state index in [0.29, 0.717) is 18.9 Å². The SMILES string of the molecule is CCCCCCCCCCC(CCCCCC)COC(=O)CCCCCCC. The van der Waals surface area contributed by atoms with Gasteiger partial charge in [0.1, 0.15) is 0 Å². The average Bonchev–Trinajstić information content (AvgIpc) is 2.70. The first-order valence-electron chi connectivity index (χ1n) is 12.9. The smallest absolute Gasteiger partial charge is 0.305 e. The van der Waals surface area contributed by atoms with Crippen molar-refractivity contribution in [2.75, 3.05) is 6.61 Å². The molecule has 0 saturated heterocycles. The fourth-order valence-electron chi connectivity index (χ4n) is 3.89. The molecule has 0 spiro atoms. The molecule has 28 heavy (non-hydrogen) atoms. The Morgan fingerprint density at radius 1 is 0.571 bits per heavy atom. The molecule has 0 radical (unpaired) electrons. The second-order valence-electron chi connectivity index (χ2n) is 8.83. The van der Waals surface area contributed by atoms with Crippen LogP contribution in [-0.4, -0.2) is 12.6 Å². The maximum Gasteiger partial charge on any atom is 0.305 e. The Hall–Kier alpha value is -0.530. The number of rotatable bonds is 22. The average molecular weight is 397 g/mol. The molecule has 0 fully saturated rings. The van der Waals surface area contributed by atoms with Crippen LogP contribution in [0.2, 0.25) is 0 Å². The van der Waals surface area contributed by atoms with Crippen molar-refractivity contribution in [2.45, 2.75) is 149 Å². The summed E-state index contributed by atoms with van der Waals surface area (Å²) >= 11 is 0. The third-order valence-corrected chi connectivity index (χ3v) is 5.90. The lowest BCUT2D eigenvalue weighted by molar-refractivity contribution is -0.145. The highest BCUT2D eigenvalue weighted by Gasteiger charge is 2.12. The van der Waals surface area contributed by atoms with Gasteiger partial charge in [0.25, 0.3) is 0 Å². The van der Waals surface area contributed by atoms with Gasteiger partial charge in [0.05, 0.1) is 6.61 Å². The summed E-state index contributed by atoms with van der Waals surface area (Å²) in [5.41, 5.74) is 0. The molecule has 0 saturated carbocycles. The molecule has 0 bridgehead atoms. The molecule has 0 aliphatic rings. The molecule has 1 unspecified atom stereocenters. The molecular formula is C26H52O2. The van der Waals surface area contributed by atoms with Gasteiger partial charge in [0.2, 0.25) is 0 Å². The van der Waals surface area contributed by atoms with E-state index in [1.54, 1.807) is 0 Å². The summed E-state index contributed by atoms with van der Waals surface area (Å²) in [5.74, 6) is 0.618. The van der Waals surface area contributed by atoms with Crippen LogP contribution in [-0.2, 0) is 9.53 Å². The molecule has 0 aromatic rings. The Morgan fingerprint density at radius 2 is 0.964 bits per heavy atom. The zero-order chi connectivity index (χ0) is 20.7. The Balaban J connectivity index is 3.90. The molecule has 0 rings (SSSR count). The van der Waals surface area contributed by atoms with Gasteiger partial charge in [-0.05, 0) is 25.2 Å². The Kier molecular flexibility index (Phi) is 22.3. The van der Waals surface area contributed by atoms with E-state index >= 15 is 0 Å². The lowest BCUT2D eigenvalue weighted by Crippen LogP contribution is -2.14. The van der Waals surface area contributed by atoms with E-state index < -0.39 is 0 Å². The molecular weight excluding hydrogens is 344 g/mol. The monoisotopic (exact) mass is 396 g/mol. The maximum absolute atomic E-state index is 12.0. The number of carbonyl (C=O) groups is 1. The number of hydrogen-bond donors (Lipinski definition) is 0. The fourth-order valence-corrected chi connectivity index (χ4v) is 3.89. The summed E-state index contributed by atoms with van der Waals surface area (Å²) in [4.78, 5) is 12.0. The highest BCUT2D eigenvalue weighted by atomic mass is 16.5. The van der Waals surface area contributed by atoms with E-state index in [1.807, 2.05) is 0 Å². The Labute approximate surface area is 177 Å². The normalized spacial score (nSPS) is 12.2. The highest BCUT2D eigenvalue weighted by molar-refractivity contribution is 5.69. The third kappa shape index (κ3) is 20.2. The van der Waals surface area contributed by atoms with Gasteiger partial charge in [-0.15, -0.1) is 0 Å². The van der Waals surface area contributed by atoms with E-state index in [1.165, 1.54) is 116 Å². The number of unbranched alkanes of at least 4 members (excludes halogenated alkanes) is 14. The van der Waals surface area contributed by atoms with Crippen molar-refractivity contribution >= 4 is 5.97 Å². The van der Waals surface area contributed by atoms with Crippen molar-refractivity contribution in [3.8, 4) is 0 Å². The van der Waals surface area contributed by atoms with Crippen LogP contribution in [0.1, 0.15) is 149 Å². The van der Waals surface area contributed by atoms with Crippen LogP contribution in [0.25, 0.3) is 0 Å². The molecule has 168 valence electrons. The summed E-state index contributed by atoms with van der Waals surface area (Å²) in [6.45, 7) is 7.43. The second kappa shape index (κ2) is 22.8. The number of esters is 1. The fraction of sp³-hybridized carbons (Fsp3) is 0.962. The molecule has 0 amide bonds. The van der Waals surface area contributed by atoms with Crippen molar-refractivity contribution < 1.29 is 9.53 Å². The molecule has 2 heteroatoms. The van der Waals surface area contributed by atoms with Crippen molar-refractivity contribution in [3.05, 3.63) is 0 Å². The molecule has 2 nitrogen and oxygen atoms in total. The van der Waals surface area contributed by atoms with Crippen LogP contribution in [0.15, 0.2) is 0 Å². The summed E-state index contributed by atoms with van der Waals surface area (Å²) < 4.78 is 5.65. The molecule has 0 aromatic carbocycles. The zero-order valence-corrected chi connectivity index (χ0v) is 19.7. The molecule has 0 aliphatic carbocycles. The number of ether oxygens (including phenoxy) is 1. The Bertz CT molecular complexity index is 314. The summed E-state index contributed by atoms with van der Waals surface area (Å²) in [6.07, 6.45) is 25.3. The standard InChI is InChI=1S/C26H52O2/c1-4-7-10-13-14-15-17-19-22-25(21-18-12-9-6-3)24-28-26(27)23-20-16-11-8-5-2/h25H,4-24H2,1-3H3. The van der Waals surface area contributed by atoms with Gasteiger partial charge in [-0.1, -0.05) is 124 Å². The van der Waals surface area contributed by atoms with Crippen LogP contribution in [0, 0.1) is 5.92 Å². The van der Waals surface area contributed by atoms with Crippen LogP contribution in [0.5, 0.6) is 0 Å². The van der Waals surface area contributed by atoms with Crippen molar-refractivity contribution in [3.63, 3.8) is 0 Å². The maximum atomic E-state index is 12.0. The highest BCUT2D eigenvalue weighted by Crippen LogP contribution is 2.20. The third-order valence-electron chi connectivity index (χ3n) is 5.90. The second-order valence-corrected chi connectivity index (χ2v) is 8.83. The van der Waals surface area contributed by atoms with Crippen molar-refractivity contribution in [1.29, 1.82) is 0 Å². The van der Waals surface area contributed by atoms with Gasteiger partial charge in [-0.2, -0.15) is 0 Å². The molecule has 0 N–H and O–H groups in total. The van der Waals surface area contributed by atoms with E-state index in [9.17, 15) is 4.79 Å². The predicted octanol–water partition coefficient (Wildman–Crippen LogP) is 9.01. The Morgan fingerprint density at radius 3 is 1.46 bits per heavy atom. The van der Waals surface area contributed by atoms with Gasteiger partial charge in [0.15, 0.2) is 0 Å². The van der Waals surface area contributed by atoms with E-state index in [-0.39, 0.29) is 5.97 Å². The minimum atomic E-state index is 0.0333. The van der Waals surface area contributed by atoms with Gasteiger partial charge in [0, 0.05) is 6.42 Å². The molecule has 0 aromatic heterocycles.